The monoisotopic (exact) mass is 269 g/mol. The Balaban J connectivity index is 2.67. The maximum absolute atomic E-state index is 6.22. The Labute approximate surface area is 116 Å². The summed E-state index contributed by atoms with van der Waals surface area (Å²) >= 11 is 6.22. The average Bonchev–Trinajstić information content (AvgIpc) is 2.29. The molecule has 0 spiro atoms. The van der Waals surface area contributed by atoms with E-state index in [1.165, 1.54) is 5.56 Å². The van der Waals surface area contributed by atoms with Gasteiger partial charge in [-0.25, -0.2) is 0 Å². The molecule has 0 saturated carbocycles. The zero-order valence-electron chi connectivity index (χ0n) is 12.0. The molecular weight excluding hydrogens is 246 g/mol. The number of aryl methyl sites for hydroxylation is 1. The third-order valence-corrected chi connectivity index (χ3v) is 3.37. The van der Waals surface area contributed by atoms with E-state index in [9.17, 15) is 0 Å². The van der Waals surface area contributed by atoms with Gasteiger partial charge in [-0.05, 0) is 65.3 Å². The molecular formula is C15H24ClNO. The molecule has 0 radical (unpaired) electrons. The molecule has 0 bridgehead atoms. The molecule has 0 heterocycles. The summed E-state index contributed by atoms with van der Waals surface area (Å²) < 4.78 is 5.62. The molecule has 0 aliphatic carbocycles. The lowest BCUT2D eigenvalue weighted by atomic mass is 9.95. The van der Waals surface area contributed by atoms with Crippen molar-refractivity contribution < 1.29 is 4.74 Å². The lowest BCUT2D eigenvalue weighted by molar-refractivity contribution is 0.242. The smallest absolute Gasteiger partial charge is 0.138 e. The van der Waals surface area contributed by atoms with E-state index in [1.54, 1.807) is 0 Å². The van der Waals surface area contributed by atoms with Crippen LogP contribution in [0.25, 0.3) is 0 Å². The predicted octanol–water partition coefficient (Wildman–Crippen LogP) is 4.06. The SMILES string of the molecule is CNC(C)(C)CCc1ccc(OC(C)C)c(Cl)c1. The van der Waals surface area contributed by atoms with Gasteiger partial charge in [0.2, 0.25) is 0 Å². The van der Waals surface area contributed by atoms with Crippen LogP contribution in [0.1, 0.15) is 39.7 Å². The Bertz CT molecular complexity index is 388. The molecule has 0 fully saturated rings. The Morgan fingerprint density at radius 2 is 2.00 bits per heavy atom. The van der Waals surface area contributed by atoms with Gasteiger partial charge in [0.25, 0.3) is 0 Å². The van der Waals surface area contributed by atoms with Gasteiger partial charge in [0.1, 0.15) is 5.75 Å². The highest BCUT2D eigenvalue weighted by atomic mass is 35.5. The molecule has 1 aromatic rings. The van der Waals surface area contributed by atoms with Gasteiger partial charge in [-0.2, -0.15) is 0 Å². The normalized spacial score (nSPS) is 11.9. The summed E-state index contributed by atoms with van der Waals surface area (Å²) in [6.07, 6.45) is 2.23. The molecule has 1 N–H and O–H groups in total. The first-order chi connectivity index (χ1) is 8.34. The average molecular weight is 270 g/mol. The number of benzene rings is 1. The zero-order valence-corrected chi connectivity index (χ0v) is 12.8. The van der Waals surface area contributed by atoms with E-state index in [2.05, 4.69) is 25.2 Å². The van der Waals surface area contributed by atoms with Crippen LogP contribution in [-0.4, -0.2) is 18.7 Å². The van der Waals surface area contributed by atoms with Crippen LogP contribution >= 0.6 is 11.6 Å². The van der Waals surface area contributed by atoms with Gasteiger partial charge in [-0.3, -0.25) is 0 Å². The van der Waals surface area contributed by atoms with Crippen LogP contribution in [0.5, 0.6) is 5.75 Å². The summed E-state index contributed by atoms with van der Waals surface area (Å²) in [5.74, 6) is 0.767. The Hall–Kier alpha value is -0.730. The highest BCUT2D eigenvalue weighted by Gasteiger charge is 2.14. The van der Waals surface area contributed by atoms with Crippen molar-refractivity contribution in [1.29, 1.82) is 0 Å². The summed E-state index contributed by atoms with van der Waals surface area (Å²) in [7, 11) is 1.99. The van der Waals surface area contributed by atoms with Crippen molar-refractivity contribution in [1.82, 2.24) is 5.32 Å². The molecule has 3 heteroatoms. The number of ether oxygens (including phenoxy) is 1. The van der Waals surface area contributed by atoms with Crippen molar-refractivity contribution in [2.24, 2.45) is 0 Å². The fraction of sp³-hybridized carbons (Fsp3) is 0.600. The van der Waals surface area contributed by atoms with Crippen molar-refractivity contribution in [3.8, 4) is 5.75 Å². The quantitative estimate of drug-likeness (QED) is 0.841. The van der Waals surface area contributed by atoms with Gasteiger partial charge in [-0.1, -0.05) is 17.7 Å². The van der Waals surface area contributed by atoms with Crippen molar-refractivity contribution >= 4 is 11.6 Å². The molecule has 0 aliphatic rings. The molecule has 18 heavy (non-hydrogen) atoms. The molecule has 0 unspecified atom stereocenters. The molecule has 102 valence electrons. The lowest BCUT2D eigenvalue weighted by Gasteiger charge is -2.24. The van der Waals surface area contributed by atoms with Crippen LogP contribution in [-0.2, 0) is 6.42 Å². The summed E-state index contributed by atoms with van der Waals surface area (Å²) in [4.78, 5) is 0. The number of halogens is 1. The van der Waals surface area contributed by atoms with Crippen molar-refractivity contribution in [3.63, 3.8) is 0 Å². The van der Waals surface area contributed by atoms with Gasteiger partial charge < -0.3 is 10.1 Å². The Kier molecular flexibility index (Phi) is 5.48. The molecule has 0 amide bonds. The van der Waals surface area contributed by atoms with E-state index in [1.807, 2.05) is 33.0 Å². The van der Waals surface area contributed by atoms with Gasteiger partial charge >= 0.3 is 0 Å². The first kappa shape index (κ1) is 15.3. The maximum Gasteiger partial charge on any atom is 0.138 e. The number of hydrogen-bond acceptors (Lipinski definition) is 2. The van der Waals surface area contributed by atoms with Crippen molar-refractivity contribution in [2.75, 3.05) is 7.05 Å². The maximum atomic E-state index is 6.22. The molecule has 0 atom stereocenters. The van der Waals surface area contributed by atoms with Gasteiger partial charge in [0.05, 0.1) is 11.1 Å². The first-order valence-electron chi connectivity index (χ1n) is 6.48. The fourth-order valence-electron chi connectivity index (χ4n) is 1.63. The van der Waals surface area contributed by atoms with Gasteiger partial charge in [-0.15, -0.1) is 0 Å². The minimum absolute atomic E-state index is 0.150. The van der Waals surface area contributed by atoms with Gasteiger partial charge in [0.15, 0.2) is 0 Å². The van der Waals surface area contributed by atoms with Crippen molar-refractivity contribution in [2.45, 2.75) is 52.2 Å². The molecule has 0 saturated heterocycles. The van der Waals surface area contributed by atoms with E-state index in [-0.39, 0.29) is 11.6 Å². The Morgan fingerprint density at radius 1 is 1.33 bits per heavy atom. The van der Waals surface area contributed by atoms with E-state index < -0.39 is 0 Å². The second-order valence-electron chi connectivity index (χ2n) is 5.57. The zero-order chi connectivity index (χ0) is 13.8. The summed E-state index contributed by atoms with van der Waals surface area (Å²) in [5, 5.41) is 4.00. The van der Waals surface area contributed by atoms with E-state index in [0.29, 0.717) is 5.02 Å². The molecule has 0 aliphatic heterocycles. The fourth-order valence-corrected chi connectivity index (χ4v) is 1.88. The van der Waals surface area contributed by atoms with Crippen LogP contribution < -0.4 is 10.1 Å². The molecule has 1 aromatic carbocycles. The van der Waals surface area contributed by atoms with Crippen molar-refractivity contribution in [3.05, 3.63) is 28.8 Å². The van der Waals surface area contributed by atoms with Gasteiger partial charge in [0, 0.05) is 5.54 Å². The van der Waals surface area contributed by atoms with Crippen LogP contribution in [0.3, 0.4) is 0 Å². The minimum Gasteiger partial charge on any atom is -0.489 e. The Morgan fingerprint density at radius 3 is 2.50 bits per heavy atom. The molecule has 0 aromatic heterocycles. The third kappa shape index (κ3) is 4.87. The second-order valence-corrected chi connectivity index (χ2v) is 5.97. The topological polar surface area (TPSA) is 21.3 Å². The van der Waals surface area contributed by atoms with Crippen LogP contribution in [0.2, 0.25) is 5.02 Å². The number of nitrogens with one attached hydrogen (secondary N) is 1. The standard InChI is InChI=1S/C15H24ClNO/c1-11(2)18-14-7-6-12(10-13(14)16)8-9-15(3,4)17-5/h6-7,10-11,17H,8-9H2,1-5H3. The highest BCUT2D eigenvalue weighted by Crippen LogP contribution is 2.27. The number of hydrogen-bond donors (Lipinski definition) is 1. The third-order valence-electron chi connectivity index (χ3n) is 3.07. The van der Waals surface area contributed by atoms with E-state index in [0.717, 1.165) is 18.6 Å². The van der Waals surface area contributed by atoms with Crippen LogP contribution in [0.15, 0.2) is 18.2 Å². The second kappa shape index (κ2) is 6.44. The summed E-state index contributed by atoms with van der Waals surface area (Å²) in [6.45, 7) is 8.40. The molecule has 1 rings (SSSR count). The number of rotatable bonds is 6. The van der Waals surface area contributed by atoms with Crippen LogP contribution in [0, 0.1) is 0 Å². The largest absolute Gasteiger partial charge is 0.489 e. The van der Waals surface area contributed by atoms with E-state index in [4.69, 9.17) is 16.3 Å². The highest BCUT2D eigenvalue weighted by molar-refractivity contribution is 6.32. The summed E-state index contributed by atoms with van der Waals surface area (Å²) in [5.41, 5.74) is 1.40. The lowest BCUT2D eigenvalue weighted by Crippen LogP contribution is -2.36. The minimum atomic E-state index is 0.150. The predicted molar refractivity (Wildman–Crippen MR) is 78.7 cm³/mol. The first-order valence-corrected chi connectivity index (χ1v) is 6.86. The molecule has 2 nitrogen and oxygen atoms in total. The van der Waals surface area contributed by atoms with Crippen LogP contribution in [0.4, 0.5) is 0 Å². The summed E-state index contributed by atoms with van der Waals surface area (Å²) in [6, 6.07) is 6.06. The van der Waals surface area contributed by atoms with E-state index >= 15 is 0 Å².